The molecule has 1 atom stereocenters. The number of carbonyl (C=O) groups is 2. The van der Waals surface area contributed by atoms with Gasteiger partial charge in [-0.25, -0.2) is 4.79 Å². The molecule has 2 rings (SSSR count). The van der Waals surface area contributed by atoms with E-state index in [0.29, 0.717) is 5.56 Å². The van der Waals surface area contributed by atoms with Gasteiger partial charge < -0.3 is 10.4 Å². The topological polar surface area (TPSA) is 95.1 Å². The second kappa shape index (κ2) is 6.21. The number of hydrogen-bond acceptors (Lipinski definition) is 3. The van der Waals surface area contributed by atoms with Crippen molar-refractivity contribution in [3.8, 4) is 0 Å². The Labute approximate surface area is 122 Å². The second-order valence-corrected chi connectivity index (χ2v) is 4.84. The van der Waals surface area contributed by atoms with Gasteiger partial charge in [0.1, 0.15) is 0 Å². The molecule has 1 aromatic heterocycles. The predicted molar refractivity (Wildman–Crippen MR) is 76.7 cm³/mol. The Morgan fingerprint density at radius 1 is 1.29 bits per heavy atom. The molecule has 0 aliphatic heterocycles. The molecule has 0 spiro atoms. The third-order valence-electron chi connectivity index (χ3n) is 3.30. The summed E-state index contributed by atoms with van der Waals surface area (Å²) in [6, 6.07) is 7.57. The molecule has 0 aliphatic rings. The molecule has 21 heavy (non-hydrogen) atoms. The first-order valence-corrected chi connectivity index (χ1v) is 6.56. The number of aliphatic carboxylic acids is 1. The van der Waals surface area contributed by atoms with E-state index in [2.05, 4.69) is 15.5 Å². The van der Waals surface area contributed by atoms with Crippen LogP contribution in [0.5, 0.6) is 0 Å². The number of aromatic amines is 1. The fourth-order valence-corrected chi connectivity index (χ4v) is 2.14. The first-order valence-electron chi connectivity index (χ1n) is 6.56. The number of amides is 1. The number of carboxylic acid groups (broad SMARTS) is 1. The first-order chi connectivity index (χ1) is 9.99. The highest BCUT2D eigenvalue weighted by molar-refractivity contribution is 5.86. The SMILES string of the molecule is Cc1n[nH]c(C)c1CC(=O)N[C@@H](C(=O)O)c1ccccc1. The summed E-state index contributed by atoms with van der Waals surface area (Å²) in [5.41, 5.74) is 2.90. The van der Waals surface area contributed by atoms with Crippen LogP contribution < -0.4 is 5.32 Å². The summed E-state index contributed by atoms with van der Waals surface area (Å²) in [4.78, 5) is 23.4. The Bertz CT molecular complexity index is 630. The molecular weight excluding hydrogens is 270 g/mol. The molecule has 0 saturated carbocycles. The summed E-state index contributed by atoms with van der Waals surface area (Å²) in [6.07, 6.45) is 0.102. The molecule has 3 N–H and O–H groups in total. The van der Waals surface area contributed by atoms with Gasteiger partial charge in [-0.1, -0.05) is 30.3 Å². The van der Waals surface area contributed by atoms with Crippen molar-refractivity contribution < 1.29 is 14.7 Å². The van der Waals surface area contributed by atoms with Gasteiger partial charge in [-0.3, -0.25) is 9.89 Å². The number of aryl methyl sites for hydroxylation is 2. The van der Waals surface area contributed by atoms with Crippen LogP contribution in [-0.4, -0.2) is 27.2 Å². The van der Waals surface area contributed by atoms with Crippen LogP contribution in [0.3, 0.4) is 0 Å². The minimum absolute atomic E-state index is 0.102. The van der Waals surface area contributed by atoms with Gasteiger partial charge in [0.05, 0.1) is 12.1 Å². The number of nitrogens with one attached hydrogen (secondary N) is 2. The van der Waals surface area contributed by atoms with Crippen LogP contribution in [0, 0.1) is 13.8 Å². The van der Waals surface area contributed by atoms with E-state index in [1.807, 2.05) is 6.92 Å². The third-order valence-corrected chi connectivity index (χ3v) is 3.30. The van der Waals surface area contributed by atoms with E-state index < -0.39 is 12.0 Å². The van der Waals surface area contributed by atoms with Gasteiger partial charge in [-0.2, -0.15) is 5.10 Å². The van der Waals surface area contributed by atoms with Crippen molar-refractivity contribution in [2.24, 2.45) is 0 Å². The van der Waals surface area contributed by atoms with E-state index in [-0.39, 0.29) is 12.3 Å². The molecule has 0 unspecified atom stereocenters. The average molecular weight is 287 g/mol. The highest BCUT2D eigenvalue weighted by Gasteiger charge is 2.22. The molecule has 110 valence electrons. The maximum absolute atomic E-state index is 12.1. The van der Waals surface area contributed by atoms with E-state index in [1.54, 1.807) is 37.3 Å². The van der Waals surface area contributed by atoms with Crippen LogP contribution in [0.25, 0.3) is 0 Å². The number of carboxylic acids is 1. The van der Waals surface area contributed by atoms with Crippen molar-refractivity contribution >= 4 is 11.9 Å². The molecule has 2 aromatic rings. The molecule has 0 saturated heterocycles. The largest absolute Gasteiger partial charge is 0.479 e. The van der Waals surface area contributed by atoms with Crippen LogP contribution in [0.4, 0.5) is 0 Å². The van der Waals surface area contributed by atoms with Gasteiger partial charge in [0, 0.05) is 11.3 Å². The molecule has 6 heteroatoms. The zero-order valence-electron chi connectivity index (χ0n) is 11.9. The van der Waals surface area contributed by atoms with Crippen molar-refractivity contribution in [1.82, 2.24) is 15.5 Å². The zero-order valence-corrected chi connectivity index (χ0v) is 11.9. The number of aromatic nitrogens is 2. The van der Waals surface area contributed by atoms with E-state index in [4.69, 9.17) is 0 Å². The van der Waals surface area contributed by atoms with E-state index >= 15 is 0 Å². The lowest BCUT2D eigenvalue weighted by Gasteiger charge is -2.15. The number of H-pyrrole nitrogens is 1. The summed E-state index contributed by atoms with van der Waals surface area (Å²) in [5.74, 6) is -1.44. The van der Waals surface area contributed by atoms with E-state index in [0.717, 1.165) is 17.0 Å². The summed E-state index contributed by atoms with van der Waals surface area (Å²) < 4.78 is 0. The van der Waals surface area contributed by atoms with Crippen molar-refractivity contribution in [1.29, 1.82) is 0 Å². The normalized spacial score (nSPS) is 11.9. The minimum Gasteiger partial charge on any atom is -0.479 e. The third kappa shape index (κ3) is 3.47. The van der Waals surface area contributed by atoms with E-state index in [1.165, 1.54) is 0 Å². The lowest BCUT2D eigenvalue weighted by atomic mass is 10.1. The maximum Gasteiger partial charge on any atom is 0.330 e. The lowest BCUT2D eigenvalue weighted by Crippen LogP contribution is -2.34. The molecule has 0 bridgehead atoms. The summed E-state index contributed by atoms with van der Waals surface area (Å²) >= 11 is 0. The predicted octanol–water partition coefficient (Wildman–Crippen LogP) is 1.51. The highest BCUT2D eigenvalue weighted by Crippen LogP contribution is 2.14. The second-order valence-electron chi connectivity index (χ2n) is 4.84. The lowest BCUT2D eigenvalue weighted by molar-refractivity contribution is -0.141. The van der Waals surface area contributed by atoms with Gasteiger partial charge in [0.25, 0.3) is 0 Å². The van der Waals surface area contributed by atoms with Gasteiger partial charge in [0.2, 0.25) is 5.91 Å². The number of carbonyl (C=O) groups excluding carboxylic acids is 1. The standard InChI is InChI=1S/C15H17N3O3/c1-9-12(10(2)18-17-9)8-13(19)16-14(15(20)21)11-6-4-3-5-7-11/h3-7,14H,8H2,1-2H3,(H,16,19)(H,17,18)(H,20,21)/t14-/m1/s1. The van der Waals surface area contributed by atoms with Crippen LogP contribution in [0.15, 0.2) is 30.3 Å². The molecular formula is C15H17N3O3. The monoisotopic (exact) mass is 287 g/mol. The molecule has 0 radical (unpaired) electrons. The first kappa shape index (κ1) is 14.8. The zero-order chi connectivity index (χ0) is 15.4. The van der Waals surface area contributed by atoms with Crippen molar-refractivity contribution in [3.63, 3.8) is 0 Å². The highest BCUT2D eigenvalue weighted by atomic mass is 16.4. The summed E-state index contributed by atoms with van der Waals surface area (Å²) in [6.45, 7) is 3.63. The van der Waals surface area contributed by atoms with Crippen molar-refractivity contribution in [2.75, 3.05) is 0 Å². The smallest absolute Gasteiger partial charge is 0.330 e. The molecule has 0 fully saturated rings. The Hall–Kier alpha value is -2.63. The van der Waals surface area contributed by atoms with Gasteiger partial charge >= 0.3 is 5.97 Å². The van der Waals surface area contributed by atoms with Crippen LogP contribution in [0.2, 0.25) is 0 Å². The van der Waals surface area contributed by atoms with Crippen LogP contribution >= 0.6 is 0 Å². The van der Waals surface area contributed by atoms with Crippen LogP contribution in [-0.2, 0) is 16.0 Å². The van der Waals surface area contributed by atoms with Crippen LogP contribution in [0.1, 0.15) is 28.6 Å². The molecule has 1 amide bonds. The Morgan fingerprint density at radius 2 is 1.95 bits per heavy atom. The van der Waals surface area contributed by atoms with Crippen molar-refractivity contribution in [3.05, 3.63) is 52.8 Å². The average Bonchev–Trinajstić information content (AvgIpc) is 2.77. The van der Waals surface area contributed by atoms with Gasteiger partial charge in [-0.15, -0.1) is 0 Å². The minimum atomic E-state index is -1.09. The Kier molecular flexibility index (Phi) is 4.37. The van der Waals surface area contributed by atoms with Gasteiger partial charge in [0.15, 0.2) is 6.04 Å². The van der Waals surface area contributed by atoms with Gasteiger partial charge in [-0.05, 0) is 19.4 Å². The van der Waals surface area contributed by atoms with Crippen molar-refractivity contribution in [2.45, 2.75) is 26.3 Å². The fourth-order valence-electron chi connectivity index (χ4n) is 2.14. The Balaban J connectivity index is 2.11. The summed E-state index contributed by atoms with van der Waals surface area (Å²) in [7, 11) is 0. The maximum atomic E-state index is 12.1. The molecule has 0 aliphatic carbocycles. The fraction of sp³-hybridized carbons (Fsp3) is 0.267. The molecule has 1 aromatic carbocycles. The number of hydrogen-bond donors (Lipinski definition) is 3. The molecule has 6 nitrogen and oxygen atoms in total. The Morgan fingerprint density at radius 3 is 2.48 bits per heavy atom. The number of benzene rings is 1. The quantitative estimate of drug-likeness (QED) is 0.776. The molecule has 1 heterocycles. The summed E-state index contributed by atoms with van der Waals surface area (Å²) in [5, 5.41) is 18.6. The number of rotatable bonds is 5. The number of nitrogens with zero attached hydrogens (tertiary/aromatic N) is 1. The van der Waals surface area contributed by atoms with E-state index in [9.17, 15) is 14.7 Å².